The summed E-state index contributed by atoms with van der Waals surface area (Å²) in [7, 11) is -3.59. The number of carbonyl (C=O) groups is 1. The maximum absolute atomic E-state index is 13.1. The molecule has 2 heterocycles. The van der Waals surface area contributed by atoms with Crippen molar-refractivity contribution in [1.82, 2.24) is 14.3 Å². The standard InChI is InChI=1S/C24H31N3O4S/c1-23(2,3)31-22(28)27-14-8-13-24(17-25-32(29,30)26-24)21(27)16-18-9-7-12-20(15-18)19-10-5-4-6-11-19/h4-7,9-12,15,21,25-26H,8,13-14,16-17H2,1-3H3. The van der Waals surface area contributed by atoms with Crippen molar-refractivity contribution in [3.8, 4) is 11.1 Å². The molecule has 32 heavy (non-hydrogen) atoms. The van der Waals surface area contributed by atoms with Gasteiger partial charge in [-0.2, -0.15) is 13.1 Å². The first-order valence-corrected chi connectivity index (χ1v) is 12.5. The predicted octanol–water partition coefficient (Wildman–Crippen LogP) is 3.47. The van der Waals surface area contributed by atoms with Gasteiger partial charge in [-0.3, -0.25) is 0 Å². The lowest BCUT2D eigenvalue weighted by molar-refractivity contribution is -0.00527. The smallest absolute Gasteiger partial charge is 0.410 e. The van der Waals surface area contributed by atoms with E-state index in [2.05, 4.69) is 33.7 Å². The van der Waals surface area contributed by atoms with Crippen LogP contribution < -0.4 is 9.44 Å². The van der Waals surface area contributed by atoms with Crippen LogP contribution >= 0.6 is 0 Å². The molecule has 1 spiro atoms. The summed E-state index contributed by atoms with van der Waals surface area (Å²) in [6, 6.07) is 17.9. The minimum Gasteiger partial charge on any atom is -0.444 e. The zero-order valence-electron chi connectivity index (χ0n) is 18.8. The average Bonchev–Trinajstić information content (AvgIpc) is 3.04. The summed E-state index contributed by atoms with van der Waals surface area (Å²) in [5, 5.41) is 0. The number of piperidine rings is 1. The van der Waals surface area contributed by atoms with E-state index in [0.717, 1.165) is 16.7 Å². The Morgan fingerprint density at radius 3 is 2.50 bits per heavy atom. The van der Waals surface area contributed by atoms with Gasteiger partial charge in [0.15, 0.2) is 0 Å². The second-order valence-corrected chi connectivity index (χ2v) is 11.1. The zero-order valence-corrected chi connectivity index (χ0v) is 19.6. The summed E-state index contributed by atoms with van der Waals surface area (Å²) < 4.78 is 35.7. The fourth-order valence-corrected chi connectivity index (χ4v) is 6.02. The highest BCUT2D eigenvalue weighted by Crippen LogP contribution is 2.34. The van der Waals surface area contributed by atoms with Gasteiger partial charge in [-0.15, -0.1) is 0 Å². The van der Waals surface area contributed by atoms with Gasteiger partial charge in [0.25, 0.3) is 10.2 Å². The monoisotopic (exact) mass is 457 g/mol. The number of amides is 1. The van der Waals surface area contributed by atoms with Crippen LogP contribution in [0.5, 0.6) is 0 Å². The summed E-state index contributed by atoms with van der Waals surface area (Å²) >= 11 is 0. The van der Waals surface area contributed by atoms with Crippen molar-refractivity contribution in [2.75, 3.05) is 13.1 Å². The van der Waals surface area contributed by atoms with E-state index in [1.165, 1.54) is 0 Å². The van der Waals surface area contributed by atoms with Gasteiger partial charge < -0.3 is 9.64 Å². The molecular weight excluding hydrogens is 426 g/mol. The third-order valence-electron chi connectivity index (χ3n) is 6.04. The third-order valence-corrected chi connectivity index (χ3v) is 7.24. The topological polar surface area (TPSA) is 87.7 Å². The highest BCUT2D eigenvalue weighted by Gasteiger charge is 2.52. The Bertz CT molecular complexity index is 1080. The van der Waals surface area contributed by atoms with E-state index in [0.29, 0.717) is 25.8 Å². The van der Waals surface area contributed by atoms with Gasteiger partial charge in [0, 0.05) is 13.1 Å². The van der Waals surface area contributed by atoms with Gasteiger partial charge in [-0.25, -0.2) is 9.52 Å². The minimum atomic E-state index is -3.59. The van der Waals surface area contributed by atoms with E-state index in [1.807, 2.05) is 51.1 Å². The SMILES string of the molecule is CC(C)(C)OC(=O)N1CCCC2(CNS(=O)(=O)N2)C1Cc1cccc(-c2ccccc2)c1. The van der Waals surface area contributed by atoms with Crippen LogP contribution in [-0.2, 0) is 21.4 Å². The summed E-state index contributed by atoms with van der Waals surface area (Å²) in [5.41, 5.74) is 1.84. The first kappa shape index (κ1) is 22.8. The Kier molecular flexibility index (Phi) is 6.04. The molecule has 2 aliphatic heterocycles. The molecule has 2 N–H and O–H groups in total. The lowest BCUT2D eigenvalue weighted by Gasteiger charge is -2.47. The predicted molar refractivity (Wildman–Crippen MR) is 124 cm³/mol. The van der Waals surface area contributed by atoms with Crippen molar-refractivity contribution >= 4 is 16.3 Å². The van der Waals surface area contributed by atoms with Crippen molar-refractivity contribution in [1.29, 1.82) is 0 Å². The lowest BCUT2D eigenvalue weighted by Crippen LogP contribution is -2.65. The number of hydrogen-bond acceptors (Lipinski definition) is 4. The number of benzene rings is 2. The van der Waals surface area contributed by atoms with E-state index in [1.54, 1.807) is 4.90 Å². The summed E-state index contributed by atoms with van der Waals surface area (Å²) in [5.74, 6) is 0. The number of ether oxygens (including phenoxy) is 1. The number of nitrogens with zero attached hydrogens (tertiary/aromatic N) is 1. The lowest BCUT2D eigenvalue weighted by atomic mass is 9.79. The number of hydrogen-bond donors (Lipinski definition) is 2. The van der Waals surface area contributed by atoms with Crippen LogP contribution in [0.15, 0.2) is 54.6 Å². The molecule has 172 valence electrons. The molecule has 2 atom stereocenters. The molecule has 2 fully saturated rings. The second-order valence-electron chi connectivity index (χ2n) is 9.65. The Labute approximate surface area is 190 Å². The number of carbonyl (C=O) groups excluding carboxylic acids is 1. The summed E-state index contributed by atoms with van der Waals surface area (Å²) in [6.07, 6.45) is 1.46. The van der Waals surface area contributed by atoms with Gasteiger partial charge in [-0.1, -0.05) is 54.6 Å². The van der Waals surface area contributed by atoms with Crippen LogP contribution in [0, 0.1) is 0 Å². The molecule has 2 saturated heterocycles. The summed E-state index contributed by atoms with van der Waals surface area (Å²) in [6.45, 7) is 6.29. The Balaban J connectivity index is 1.68. The van der Waals surface area contributed by atoms with E-state index < -0.39 is 27.4 Å². The number of likely N-dealkylation sites (tertiary alicyclic amines) is 1. The first-order valence-electron chi connectivity index (χ1n) is 11.0. The van der Waals surface area contributed by atoms with Crippen LogP contribution in [0.3, 0.4) is 0 Å². The summed E-state index contributed by atoms with van der Waals surface area (Å²) in [4.78, 5) is 14.8. The molecule has 8 heteroatoms. The Morgan fingerprint density at radius 1 is 1.12 bits per heavy atom. The second kappa shape index (κ2) is 8.50. The van der Waals surface area contributed by atoms with E-state index in [-0.39, 0.29) is 12.6 Å². The van der Waals surface area contributed by atoms with Crippen LogP contribution in [0.25, 0.3) is 11.1 Å². The van der Waals surface area contributed by atoms with Gasteiger partial charge >= 0.3 is 6.09 Å². The molecule has 2 aliphatic rings. The zero-order chi connectivity index (χ0) is 23.0. The Hall–Kier alpha value is -2.42. The average molecular weight is 458 g/mol. The quantitative estimate of drug-likeness (QED) is 0.739. The van der Waals surface area contributed by atoms with Gasteiger partial charge in [0.2, 0.25) is 0 Å². The molecule has 2 unspecified atom stereocenters. The molecule has 0 bridgehead atoms. The molecular formula is C24H31N3O4S. The molecule has 0 radical (unpaired) electrons. The van der Waals surface area contributed by atoms with Crippen LogP contribution in [-0.4, -0.2) is 49.7 Å². The fraction of sp³-hybridized carbons (Fsp3) is 0.458. The van der Waals surface area contributed by atoms with Gasteiger partial charge in [-0.05, 0) is 56.7 Å². The third kappa shape index (κ3) is 4.98. The van der Waals surface area contributed by atoms with Crippen LogP contribution in [0.1, 0.15) is 39.2 Å². The molecule has 0 aromatic heterocycles. The molecule has 0 saturated carbocycles. The van der Waals surface area contributed by atoms with E-state index in [4.69, 9.17) is 4.74 Å². The van der Waals surface area contributed by atoms with Gasteiger partial charge in [0.1, 0.15) is 5.60 Å². The Morgan fingerprint density at radius 2 is 1.84 bits per heavy atom. The minimum absolute atomic E-state index is 0.248. The maximum atomic E-state index is 13.1. The van der Waals surface area contributed by atoms with Crippen molar-refractivity contribution in [2.45, 2.75) is 57.2 Å². The molecule has 7 nitrogen and oxygen atoms in total. The molecule has 1 amide bonds. The maximum Gasteiger partial charge on any atom is 0.410 e. The van der Waals surface area contributed by atoms with Gasteiger partial charge in [0.05, 0.1) is 11.6 Å². The molecule has 2 aromatic carbocycles. The van der Waals surface area contributed by atoms with Crippen molar-refractivity contribution in [2.24, 2.45) is 0 Å². The van der Waals surface area contributed by atoms with Crippen LogP contribution in [0.4, 0.5) is 4.79 Å². The van der Waals surface area contributed by atoms with Crippen molar-refractivity contribution in [3.05, 3.63) is 60.2 Å². The highest BCUT2D eigenvalue weighted by atomic mass is 32.2. The normalized spacial score (nSPS) is 25.1. The number of rotatable bonds is 3. The van der Waals surface area contributed by atoms with E-state index >= 15 is 0 Å². The number of nitrogens with one attached hydrogen (secondary N) is 2. The first-order chi connectivity index (χ1) is 15.1. The fourth-order valence-electron chi connectivity index (χ4n) is 4.65. The van der Waals surface area contributed by atoms with Crippen molar-refractivity contribution in [3.63, 3.8) is 0 Å². The highest BCUT2D eigenvalue weighted by molar-refractivity contribution is 7.87. The largest absolute Gasteiger partial charge is 0.444 e. The molecule has 0 aliphatic carbocycles. The van der Waals surface area contributed by atoms with Crippen LogP contribution in [0.2, 0.25) is 0 Å². The van der Waals surface area contributed by atoms with E-state index in [9.17, 15) is 13.2 Å². The molecule has 4 rings (SSSR count). The molecule has 2 aromatic rings. The van der Waals surface area contributed by atoms with Crippen molar-refractivity contribution < 1.29 is 17.9 Å².